The first-order valence-corrected chi connectivity index (χ1v) is 11.0. The number of fused-ring (bicyclic) bond motifs is 1. The monoisotopic (exact) mass is 348 g/mol. The van der Waals surface area contributed by atoms with Crippen molar-refractivity contribution in [2.24, 2.45) is 28.0 Å². The maximum atomic E-state index is 6.10. The molecule has 0 aromatic carbocycles. The molecule has 1 fully saturated rings. The van der Waals surface area contributed by atoms with Gasteiger partial charge in [0.1, 0.15) is 0 Å². The lowest BCUT2D eigenvalue weighted by molar-refractivity contribution is 0.0320. The molecule has 0 aromatic rings. The van der Waals surface area contributed by atoms with Crippen molar-refractivity contribution in [1.82, 2.24) is 0 Å². The Balaban J connectivity index is 2.05. The zero-order valence-corrected chi connectivity index (χ0v) is 16.9. The Morgan fingerprint density at radius 1 is 1.00 bits per heavy atom. The van der Waals surface area contributed by atoms with Crippen molar-refractivity contribution in [3.05, 3.63) is 0 Å². The quantitative estimate of drug-likeness (QED) is 0.449. The third kappa shape index (κ3) is 6.51. The standard InChI is InChI=1S/C22H40N2O/c1-4-7-10-18(11-8-5-2)22-21-15-14-20(25-16-6-3)13-9-12-19(21)17-23-24-22/h17-21H,4-16H2,1-3H3. The van der Waals surface area contributed by atoms with E-state index in [1.807, 2.05) is 0 Å². The first-order chi connectivity index (χ1) is 12.3. The Hall–Kier alpha value is -0.700. The number of rotatable bonds is 10. The number of ether oxygens (including phenoxy) is 1. The SMILES string of the molecule is CCCCC(CCCC)C1=NN=CC2CCCC(OCCC)CCC12. The second kappa shape index (κ2) is 11.8. The third-order valence-corrected chi connectivity index (χ3v) is 5.98. The van der Waals surface area contributed by atoms with Gasteiger partial charge in [-0.1, -0.05) is 52.9 Å². The zero-order valence-electron chi connectivity index (χ0n) is 16.9. The van der Waals surface area contributed by atoms with Crippen LogP contribution in [0.4, 0.5) is 0 Å². The second-order valence-corrected chi connectivity index (χ2v) is 8.04. The van der Waals surface area contributed by atoms with E-state index in [0.717, 1.165) is 13.0 Å². The zero-order chi connectivity index (χ0) is 17.9. The van der Waals surface area contributed by atoms with Gasteiger partial charge >= 0.3 is 0 Å². The van der Waals surface area contributed by atoms with Crippen molar-refractivity contribution >= 4 is 11.9 Å². The lowest BCUT2D eigenvalue weighted by atomic mass is 9.73. The molecule has 3 unspecified atom stereocenters. The first-order valence-electron chi connectivity index (χ1n) is 11.0. The first kappa shape index (κ1) is 20.6. The van der Waals surface area contributed by atoms with E-state index in [9.17, 15) is 0 Å². The van der Waals surface area contributed by atoms with Gasteiger partial charge in [0.15, 0.2) is 0 Å². The van der Waals surface area contributed by atoms with Crippen LogP contribution in [0.15, 0.2) is 10.2 Å². The van der Waals surface area contributed by atoms with Crippen LogP contribution >= 0.6 is 0 Å². The molecule has 1 aliphatic heterocycles. The number of unbranched alkanes of at least 4 members (excludes halogenated alkanes) is 2. The minimum atomic E-state index is 0.464. The summed E-state index contributed by atoms with van der Waals surface area (Å²) in [5.41, 5.74) is 1.44. The number of hydrogen-bond acceptors (Lipinski definition) is 3. The van der Waals surface area contributed by atoms with Crippen molar-refractivity contribution in [2.45, 2.75) is 104 Å². The molecule has 0 aromatic heterocycles. The largest absolute Gasteiger partial charge is 0.378 e. The summed E-state index contributed by atoms with van der Waals surface area (Å²) in [7, 11) is 0. The van der Waals surface area contributed by atoms with Crippen LogP contribution in [-0.4, -0.2) is 24.6 Å². The molecule has 144 valence electrons. The summed E-state index contributed by atoms with van der Waals surface area (Å²) in [5.74, 6) is 1.88. The van der Waals surface area contributed by atoms with Crippen LogP contribution in [0.3, 0.4) is 0 Å². The molecule has 25 heavy (non-hydrogen) atoms. The fraction of sp³-hybridized carbons (Fsp3) is 0.909. The molecule has 0 saturated heterocycles. The van der Waals surface area contributed by atoms with E-state index in [2.05, 4.69) is 32.1 Å². The maximum Gasteiger partial charge on any atom is 0.0575 e. The fourth-order valence-corrected chi connectivity index (χ4v) is 4.49. The van der Waals surface area contributed by atoms with E-state index in [4.69, 9.17) is 9.84 Å². The van der Waals surface area contributed by atoms with E-state index in [1.54, 1.807) is 0 Å². The van der Waals surface area contributed by atoms with Crippen LogP contribution in [0.5, 0.6) is 0 Å². The molecule has 1 saturated carbocycles. The summed E-state index contributed by atoms with van der Waals surface area (Å²) in [6, 6.07) is 0. The van der Waals surface area contributed by atoms with Crippen molar-refractivity contribution in [3.8, 4) is 0 Å². The lowest BCUT2D eigenvalue weighted by Gasteiger charge is -2.35. The fourth-order valence-electron chi connectivity index (χ4n) is 4.49. The summed E-state index contributed by atoms with van der Waals surface area (Å²) < 4.78 is 6.10. The van der Waals surface area contributed by atoms with E-state index >= 15 is 0 Å². The average molecular weight is 349 g/mol. The van der Waals surface area contributed by atoms with E-state index < -0.39 is 0 Å². The summed E-state index contributed by atoms with van der Waals surface area (Å²) in [6.07, 6.45) is 17.7. The van der Waals surface area contributed by atoms with E-state index in [1.165, 1.54) is 76.3 Å². The highest BCUT2D eigenvalue weighted by molar-refractivity contribution is 5.93. The molecule has 2 rings (SSSR count). The van der Waals surface area contributed by atoms with Gasteiger partial charge in [0.2, 0.25) is 0 Å². The smallest absolute Gasteiger partial charge is 0.0575 e. The van der Waals surface area contributed by atoms with Gasteiger partial charge in [0, 0.05) is 30.4 Å². The molecule has 3 nitrogen and oxygen atoms in total. The minimum absolute atomic E-state index is 0.464. The van der Waals surface area contributed by atoms with Crippen molar-refractivity contribution < 1.29 is 4.74 Å². The second-order valence-electron chi connectivity index (χ2n) is 8.04. The molecule has 0 amide bonds. The van der Waals surface area contributed by atoms with Crippen LogP contribution in [0.1, 0.15) is 97.8 Å². The lowest BCUT2D eigenvalue weighted by Crippen LogP contribution is -2.35. The highest BCUT2D eigenvalue weighted by Gasteiger charge is 2.33. The molecule has 0 bridgehead atoms. The predicted molar refractivity (Wildman–Crippen MR) is 109 cm³/mol. The third-order valence-electron chi connectivity index (χ3n) is 5.98. The molecular formula is C22H40N2O. The molecule has 1 aliphatic carbocycles. The Bertz CT molecular complexity index is 410. The molecule has 3 heteroatoms. The normalized spacial score (nSPS) is 26.9. The molecule has 0 N–H and O–H groups in total. The summed E-state index contributed by atoms with van der Waals surface area (Å²) in [6.45, 7) is 7.71. The maximum absolute atomic E-state index is 6.10. The molecule has 3 atom stereocenters. The van der Waals surface area contributed by atoms with Gasteiger partial charge in [0.25, 0.3) is 0 Å². The van der Waals surface area contributed by atoms with Gasteiger partial charge in [-0.2, -0.15) is 10.2 Å². The highest BCUT2D eigenvalue weighted by atomic mass is 16.5. The Kier molecular flexibility index (Phi) is 9.75. The summed E-state index contributed by atoms with van der Waals surface area (Å²) >= 11 is 0. The van der Waals surface area contributed by atoms with Gasteiger partial charge in [-0.25, -0.2) is 0 Å². The van der Waals surface area contributed by atoms with E-state index in [-0.39, 0.29) is 0 Å². The van der Waals surface area contributed by atoms with Crippen LogP contribution in [0.2, 0.25) is 0 Å². The highest BCUT2D eigenvalue weighted by Crippen LogP contribution is 2.35. The Labute approximate surface area is 155 Å². The van der Waals surface area contributed by atoms with Crippen LogP contribution in [0.25, 0.3) is 0 Å². The summed E-state index contributed by atoms with van der Waals surface area (Å²) in [5, 5.41) is 9.18. The van der Waals surface area contributed by atoms with Crippen LogP contribution in [-0.2, 0) is 4.74 Å². The predicted octanol–water partition coefficient (Wildman–Crippen LogP) is 6.42. The van der Waals surface area contributed by atoms with Crippen molar-refractivity contribution in [3.63, 3.8) is 0 Å². The van der Waals surface area contributed by atoms with Gasteiger partial charge in [0.05, 0.1) is 6.10 Å². The van der Waals surface area contributed by atoms with Crippen molar-refractivity contribution in [1.29, 1.82) is 0 Å². The summed E-state index contributed by atoms with van der Waals surface area (Å²) in [4.78, 5) is 0. The topological polar surface area (TPSA) is 34.0 Å². The van der Waals surface area contributed by atoms with Crippen LogP contribution in [0, 0.1) is 17.8 Å². The molecule has 0 spiro atoms. The van der Waals surface area contributed by atoms with E-state index in [0.29, 0.717) is 23.9 Å². The van der Waals surface area contributed by atoms with Gasteiger partial charge in [-0.05, 0) is 50.9 Å². The Morgan fingerprint density at radius 2 is 1.76 bits per heavy atom. The minimum Gasteiger partial charge on any atom is -0.378 e. The van der Waals surface area contributed by atoms with Crippen molar-refractivity contribution in [2.75, 3.05) is 6.61 Å². The molecule has 1 heterocycles. The Morgan fingerprint density at radius 3 is 2.44 bits per heavy atom. The van der Waals surface area contributed by atoms with Gasteiger partial charge in [-0.3, -0.25) is 0 Å². The van der Waals surface area contributed by atoms with Gasteiger partial charge in [-0.15, -0.1) is 0 Å². The average Bonchev–Trinajstić information content (AvgIpc) is 2.61. The number of nitrogens with zero attached hydrogens (tertiary/aromatic N) is 2. The van der Waals surface area contributed by atoms with Gasteiger partial charge < -0.3 is 4.74 Å². The molecule has 2 aliphatic rings. The number of hydrogen-bond donors (Lipinski definition) is 0. The molecular weight excluding hydrogens is 308 g/mol. The van der Waals surface area contributed by atoms with Crippen LogP contribution < -0.4 is 0 Å². The molecule has 0 radical (unpaired) electrons.